The molecule has 2 N–H and O–H groups in total. The maximum Gasteiger partial charge on any atom is 0.0465 e. The Morgan fingerprint density at radius 2 is 1.71 bits per heavy atom. The summed E-state index contributed by atoms with van der Waals surface area (Å²) in [5.41, 5.74) is 8.40. The summed E-state index contributed by atoms with van der Waals surface area (Å²) < 4.78 is 5.23. The van der Waals surface area contributed by atoms with Crippen LogP contribution in [0.3, 0.4) is 0 Å². The second-order valence-corrected chi connectivity index (χ2v) is 9.76. The van der Waals surface area contributed by atoms with E-state index in [9.17, 15) is 0 Å². The molecule has 4 aliphatic rings. The molecule has 0 aromatic rings. The Balaban J connectivity index is 1.70. The average Bonchev–Trinajstić information content (AvgIpc) is 2.30. The van der Waals surface area contributed by atoms with Gasteiger partial charge < -0.3 is 10.5 Å². The third-order valence-corrected chi connectivity index (χ3v) is 6.92. The summed E-state index contributed by atoms with van der Waals surface area (Å²) in [5.74, 6) is 1.57. The van der Waals surface area contributed by atoms with Crippen LogP contribution < -0.4 is 5.73 Å². The van der Waals surface area contributed by atoms with Gasteiger partial charge in [-0.15, -0.1) is 0 Å². The van der Waals surface area contributed by atoms with Crippen molar-refractivity contribution in [2.24, 2.45) is 33.8 Å². The molecule has 4 saturated carbocycles. The number of ether oxygens (including phenoxy) is 1. The lowest BCUT2D eigenvalue weighted by atomic mass is 9.39. The van der Waals surface area contributed by atoms with Gasteiger partial charge >= 0.3 is 0 Å². The smallest absolute Gasteiger partial charge is 0.0465 e. The van der Waals surface area contributed by atoms with E-state index in [1.165, 1.54) is 44.9 Å². The minimum atomic E-state index is 0.351. The van der Waals surface area contributed by atoms with Crippen LogP contribution in [0.1, 0.15) is 72.1 Å². The van der Waals surface area contributed by atoms with Gasteiger partial charge in [0, 0.05) is 19.8 Å². The van der Waals surface area contributed by atoms with Gasteiger partial charge in [0.05, 0.1) is 0 Å². The zero-order valence-corrected chi connectivity index (χ0v) is 14.6. The van der Waals surface area contributed by atoms with Crippen LogP contribution in [0.25, 0.3) is 0 Å². The molecule has 0 heterocycles. The third kappa shape index (κ3) is 3.03. The SMILES string of the molecule is COCCC(C)C(N)CC12CC3CC(C)(CC(C)(C3)C1)C2. The zero-order chi connectivity index (χ0) is 15.3. The molecule has 122 valence electrons. The van der Waals surface area contributed by atoms with Crippen molar-refractivity contribution in [3.63, 3.8) is 0 Å². The normalized spacial score (nSPS) is 47.6. The van der Waals surface area contributed by atoms with Crippen molar-refractivity contribution < 1.29 is 4.74 Å². The summed E-state index contributed by atoms with van der Waals surface area (Å²) in [4.78, 5) is 0. The molecule has 4 aliphatic carbocycles. The number of hydrogen-bond acceptors (Lipinski definition) is 2. The van der Waals surface area contributed by atoms with Crippen LogP contribution >= 0.6 is 0 Å². The van der Waals surface area contributed by atoms with Gasteiger partial charge in [0.2, 0.25) is 0 Å². The van der Waals surface area contributed by atoms with Gasteiger partial charge in [-0.2, -0.15) is 0 Å². The van der Waals surface area contributed by atoms with E-state index in [0.29, 0.717) is 28.2 Å². The fourth-order valence-corrected chi connectivity index (χ4v) is 7.13. The maximum absolute atomic E-state index is 6.61. The molecule has 21 heavy (non-hydrogen) atoms. The molecule has 2 nitrogen and oxygen atoms in total. The van der Waals surface area contributed by atoms with E-state index in [2.05, 4.69) is 20.8 Å². The Morgan fingerprint density at radius 3 is 2.24 bits per heavy atom. The highest BCUT2D eigenvalue weighted by Crippen LogP contribution is 2.70. The van der Waals surface area contributed by atoms with Crippen molar-refractivity contribution >= 4 is 0 Å². The van der Waals surface area contributed by atoms with Crippen LogP contribution in [0.4, 0.5) is 0 Å². The van der Waals surface area contributed by atoms with Gasteiger partial charge in [0.25, 0.3) is 0 Å². The van der Waals surface area contributed by atoms with E-state index in [1.54, 1.807) is 7.11 Å². The predicted octanol–water partition coefficient (Wildman–Crippen LogP) is 4.37. The first-order valence-electron chi connectivity index (χ1n) is 9.02. The van der Waals surface area contributed by atoms with Crippen LogP contribution in [0, 0.1) is 28.1 Å². The third-order valence-electron chi connectivity index (χ3n) is 6.92. The summed E-state index contributed by atoms with van der Waals surface area (Å²) in [6.45, 7) is 8.28. The highest BCUT2D eigenvalue weighted by atomic mass is 16.5. The van der Waals surface area contributed by atoms with Crippen molar-refractivity contribution in [3.8, 4) is 0 Å². The minimum Gasteiger partial charge on any atom is -0.385 e. The van der Waals surface area contributed by atoms with Gasteiger partial charge in [-0.1, -0.05) is 20.8 Å². The molecule has 0 saturated heterocycles. The van der Waals surface area contributed by atoms with E-state index in [-0.39, 0.29) is 0 Å². The topological polar surface area (TPSA) is 35.2 Å². The highest BCUT2D eigenvalue weighted by Gasteiger charge is 2.60. The van der Waals surface area contributed by atoms with E-state index >= 15 is 0 Å². The minimum absolute atomic E-state index is 0.351. The van der Waals surface area contributed by atoms with Crippen LogP contribution in [0.15, 0.2) is 0 Å². The lowest BCUT2D eigenvalue weighted by Crippen LogP contribution is -2.56. The molecular formula is C19H35NO. The Morgan fingerprint density at radius 1 is 1.10 bits per heavy atom. The van der Waals surface area contributed by atoms with Gasteiger partial charge in [-0.25, -0.2) is 0 Å². The van der Waals surface area contributed by atoms with Gasteiger partial charge in [-0.05, 0) is 79.4 Å². The number of nitrogens with two attached hydrogens (primary N) is 1. The molecule has 0 radical (unpaired) electrons. The molecule has 4 rings (SSSR count). The van der Waals surface area contributed by atoms with Crippen molar-refractivity contribution in [1.82, 2.24) is 0 Å². The second kappa shape index (κ2) is 5.23. The predicted molar refractivity (Wildman–Crippen MR) is 88.1 cm³/mol. The van der Waals surface area contributed by atoms with Gasteiger partial charge in [0.1, 0.15) is 0 Å². The van der Waals surface area contributed by atoms with Crippen molar-refractivity contribution in [2.75, 3.05) is 13.7 Å². The number of methoxy groups -OCH3 is 1. The molecule has 0 amide bonds. The Hall–Kier alpha value is -0.0800. The van der Waals surface area contributed by atoms with E-state index in [1.807, 2.05) is 0 Å². The summed E-state index contributed by atoms with van der Waals surface area (Å²) in [5, 5.41) is 0. The first-order valence-corrected chi connectivity index (χ1v) is 9.02. The largest absolute Gasteiger partial charge is 0.385 e. The Kier molecular flexibility index (Phi) is 3.94. The first kappa shape index (κ1) is 15.8. The molecule has 4 fully saturated rings. The molecule has 0 spiro atoms. The van der Waals surface area contributed by atoms with E-state index < -0.39 is 0 Å². The lowest BCUT2D eigenvalue weighted by Gasteiger charge is -2.66. The summed E-state index contributed by atoms with van der Waals surface area (Å²) in [6.07, 6.45) is 11.1. The van der Waals surface area contributed by atoms with Crippen molar-refractivity contribution in [3.05, 3.63) is 0 Å². The maximum atomic E-state index is 6.61. The molecular weight excluding hydrogens is 258 g/mol. The molecule has 4 bridgehead atoms. The standard InChI is InChI=1S/C19H35NO/c1-14(5-6-21-4)16(20)10-19-9-15-7-17(2,12-19)11-18(3,8-15)13-19/h14-16H,5-13,20H2,1-4H3. The number of hydrogen-bond donors (Lipinski definition) is 1. The lowest BCUT2D eigenvalue weighted by molar-refractivity contribution is -0.150. The average molecular weight is 293 g/mol. The van der Waals surface area contributed by atoms with Crippen LogP contribution in [0.2, 0.25) is 0 Å². The fraction of sp³-hybridized carbons (Fsp3) is 1.00. The van der Waals surface area contributed by atoms with Crippen molar-refractivity contribution in [1.29, 1.82) is 0 Å². The Bertz CT molecular complexity index is 375. The molecule has 4 atom stereocenters. The molecule has 0 aliphatic heterocycles. The molecule has 0 aromatic heterocycles. The summed E-state index contributed by atoms with van der Waals surface area (Å²) >= 11 is 0. The highest BCUT2D eigenvalue weighted by molar-refractivity contribution is 5.11. The molecule has 2 heteroatoms. The molecule has 4 unspecified atom stereocenters. The van der Waals surface area contributed by atoms with Crippen LogP contribution in [-0.2, 0) is 4.74 Å². The van der Waals surface area contributed by atoms with E-state index in [4.69, 9.17) is 10.5 Å². The monoisotopic (exact) mass is 293 g/mol. The Labute approximate surface area is 131 Å². The second-order valence-electron chi connectivity index (χ2n) is 9.76. The molecule has 0 aromatic carbocycles. The first-order chi connectivity index (χ1) is 9.77. The summed E-state index contributed by atoms with van der Waals surface area (Å²) in [6, 6.07) is 0.351. The van der Waals surface area contributed by atoms with Gasteiger partial charge in [-0.3, -0.25) is 0 Å². The van der Waals surface area contributed by atoms with Crippen LogP contribution in [-0.4, -0.2) is 19.8 Å². The van der Waals surface area contributed by atoms with Crippen LogP contribution in [0.5, 0.6) is 0 Å². The van der Waals surface area contributed by atoms with E-state index in [0.717, 1.165) is 18.9 Å². The van der Waals surface area contributed by atoms with Gasteiger partial charge in [0.15, 0.2) is 0 Å². The zero-order valence-electron chi connectivity index (χ0n) is 14.6. The summed E-state index contributed by atoms with van der Waals surface area (Å²) in [7, 11) is 1.79. The quantitative estimate of drug-likeness (QED) is 0.789. The number of rotatable bonds is 6. The fourth-order valence-electron chi connectivity index (χ4n) is 7.13. The van der Waals surface area contributed by atoms with Crippen molar-refractivity contribution in [2.45, 2.75) is 78.2 Å².